The maximum absolute atomic E-state index is 12.9. The molecule has 3 heterocycles. The van der Waals surface area contributed by atoms with E-state index in [1.807, 2.05) is 0 Å². The Hall–Kier alpha value is -3.07. The molecule has 1 fully saturated rings. The smallest absolute Gasteiger partial charge is 0.270 e. The lowest BCUT2D eigenvalue weighted by molar-refractivity contribution is -0.384. The summed E-state index contributed by atoms with van der Waals surface area (Å²) in [6.07, 6.45) is 0. The molecule has 9 heteroatoms. The zero-order chi connectivity index (χ0) is 22.3. The molecule has 0 spiro atoms. The van der Waals surface area contributed by atoms with Crippen LogP contribution in [0.2, 0.25) is 0 Å². The molecule has 0 radical (unpaired) electrons. The molecule has 1 saturated heterocycles. The van der Waals surface area contributed by atoms with Crippen LogP contribution in [0.15, 0.2) is 24.3 Å². The molecule has 3 aromatic rings. The number of thiophene rings is 1. The predicted molar refractivity (Wildman–Crippen MR) is 122 cm³/mol. The monoisotopic (exact) mass is 439 g/mol. The van der Waals surface area contributed by atoms with Gasteiger partial charge in [-0.15, -0.1) is 11.3 Å². The number of nitro benzene ring substituents is 1. The van der Waals surface area contributed by atoms with Gasteiger partial charge in [0.05, 0.1) is 10.3 Å². The van der Waals surface area contributed by atoms with Gasteiger partial charge in [-0.3, -0.25) is 14.9 Å². The summed E-state index contributed by atoms with van der Waals surface area (Å²) in [5, 5.41) is 12.1. The minimum absolute atomic E-state index is 0.0719. The third-order valence-corrected chi connectivity index (χ3v) is 6.81. The highest BCUT2D eigenvalue weighted by Crippen LogP contribution is 2.36. The molecule has 0 saturated carbocycles. The molecule has 1 aliphatic heterocycles. The molecule has 8 nitrogen and oxygen atoms in total. The van der Waals surface area contributed by atoms with Crippen LogP contribution in [0.5, 0.6) is 0 Å². The van der Waals surface area contributed by atoms with Crippen LogP contribution in [0, 0.1) is 24.0 Å². The number of non-ortho nitro benzene ring substituents is 1. The van der Waals surface area contributed by atoms with E-state index in [-0.39, 0.29) is 17.5 Å². The summed E-state index contributed by atoms with van der Waals surface area (Å²) in [6, 6.07) is 5.91. The number of nitrogens with zero attached hydrogens (tertiary/aromatic N) is 5. The zero-order valence-corrected chi connectivity index (χ0v) is 18.9. The van der Waals surface area contributed by atoms with Gasteiger partial charge in [-0.25, -0.2) is 9.97 Å². The van der Waals surface area contributed by atoms with E-state index in [9.17, 15) is 14.9 Å². The molecule has 1 aliphatic rings. The van der Waals surface area contributed by atoms with Crippen molar-refractivity contribution >= 4 is 39.0 Å². The molecule has 31 heavy (non-hydrogen) atoms. The number of aromatic nitrogens is 2. The average Bonchev–Trinajstić information content (AvgIpc) is 3.06. The molecule has 0 unspecified atom stereocenters. The number of benzene rings is 1. The summed E-state index contributed by atoms with van der Waals surface area (Å²) in [7, 11) is 0. The summed E-state index contributed by atoms with van der Waals surface area (Å²) < 4.78 is 0. The summed E-state index contributed by atoms with van der Waals surface area (Å²) in [5.41, 5.74) is 1.48. The Balaban J connectivity index is 1.58. The second-order valence-electron chi connectivity index (χ2n) is 8.11. The fourth-order valence-corrected chi connectivity index (χ4v) is 4.82. The molecule has 0 bridgehead atoms. The van der Waals surface area contributed by atoms with Gasteiger partial charge in [0.1, 0.15) is 16.5 Å². The highest BCUT2D eigenvalue weighted by molar-refractivity contribution is 7.18. The van der Waals surface area contributed by atoms with Crippen LogP contribution in [0.25, 0.3) is 10.2 Å². The number of hydrogen-bond acceptors (Lipinski definition) is 7. The first kappa shape index (κ1) is 21.2. The maximum atomic E-state index is 12.9. The number of aryl methyl sites for hydroxylation is 2. The van der Waals surface area contributed by atoms with E-state index < -0.39 is 4.92 Å². The highest BCUT2D eigenvalue weighted by Gasteiger charge is 2.27. The molecule has 0 aliphatic carbocycles. The third kappa shape index (κ3) is 3.97. The van der Waals surface area contributed by atoms with Crippen molar-refractivity contribution in [1.82, 2.24) is 14.9 Å². The predicted octanol–water partition coefficient (Wildman–Crippen LogP) is 4.30. The number of piperazine rings is 1. The summed E-state index contributed by atoms with van der Waals surface area (Å²) in [6.45, 7) is 10.8. The van der Waals surface area contributed by atoms with Crippen LogP contribution in [0.4, 0.5) is 11.5 Å². The molecule has 2 aromatic heterocycles. The minimum atomic E-state index is -0.480. The first-order valence-corrected chi connectivity index (χ1v) is 11.1. The SMILES string of the molecule is Cc1sc2nc(C(C)C)nc(N3CCN(C(=O)c4cccc([N+](=O)[O-])c4)CC3)c2c1C. The van der Waals surface area contributed by atoms with E-state index in [4.69, 9.17) is 9.97 Å². The van der Waals surface area contributed by atoms with E-state index >= 15 is 0 Å². The Morgan fingerprint density at radius 3 is 2.52 bits per heavy atom. The molecular formula is C22H25N5O3S. The number of carbonyl (C=O) groups excluding carboxylic acids is 1. The Kier molecular flexibility index (Phi) is 5.62. The van der Waals surface area contributed by atoms with Crippen LogP contribution in [0.3, 0.4) is 0 Å². The second kappa shape index (κ2) is 8.22. The van der Waals surface area contributed by atoms with Gasteiger partial charge in [-0.2, -0.15) is 0 Å². The lowest BCUT2D eigenvalue weighted by Gasteiger charge is -2.36. The number of nitro groups is 1. The topological polar surface area (TPSA) is 92.5 Å². The summed E-state index contributed by atoms with van der Waals surface area (Å²) in [4.78, 5) is 39.4. The highest BCUT2D eigenvalue weighted by atomic mass is 32.1. The Labute approximate surface area is 184 Å². The van der Waals surface area contributed by atoms with Gasteiger partial charge in [-0.05, 0) is 25.5 Å². The molecule has 162 valence electrons. The van der Waals surface area contributed by atoms with Crippen molar-refractivity contribution in [3.8, 4) is 0 Å². The number of hydrogen-bond donors (Lipinski definition) is 0. The first-order chi connectivity index (χ1) is 14.8. The number of amides is 1. The van der Waals surface area contributed by atoms with E-state index in [1.54, 1.807) is 28.4 Å². The zero-order valence-electron chi connectivity index (χ0n) is 18.1. The van der Waals surface area contributed by atoms with Crippen molar-refractivity contribution < 1.29 is 9.72 Å². The molecule has 0 atom stereocenters. The third-order valence-electron chi connectivity index (χ3n) is 5.71. The van der Waals surface area contributed by atoms with Crippen molar-refractivity contribution in [2.24, 2.45) is 0 Å². The maximum Gasteiger partial charge on any atom is 0.270 e. The molecule has 4 rings (SSSR count). The first-order valence-electron chi connectivity index (χ1n) is 10.3. The Morgan fingerprint density at radius 2 is 1.87 bits per heavy atom. The minimum Gasteiger partial charge on any atom is -0.352 e. The normalized spacial score (nSPS) is 14.5. The van der Waals surface area contributed by atoms with Crippen molar-refractivity contribution in [3.63, 3.8) is 0 Å². The fourth-order valence-electron chi connectivity index (χ4n) is 3.79. The van der Waals surface area contributed by atoms with Crippen LogP contribution in [0.1, 0.15) is 46.4 Å². The van der Waals surface area contributed by atoms with Gasteiger partial charge in [0.25, 0.3) is 11.6 Å². The molecule has 1 amide bonds. The second-order valence-corrected chi connectivity index (χ2v) is 9.31. The van der Waals surface area contributed by atoms with E-state index in [2.05, 4.69) is 32.6 Å². The number of fused-ring (bicyclic) bond motifs is 1. The molecule has 0 N–H and O–H groups in total. The number of anilines is 1. The molecule has 1 aromatic carbocycles. The van der Waals surface area contributed by atoms with Crippen molar-refractivity contribution in [2.45, 2.75) is 33.6 Å². The lowest BCUT2D eigenvalue weighted by atomic mass is 10.1. The number of rotatable bonds is 4. The standard InChI is InChI=1S/C22H25N5O3S/c1-13(2)19-23-20(18-14(3)15(4)31-21(18)24-19)25-8-10-26(11-9-25)22(28)16-6-5-7-17(12-16)27(29)30/h5-7,12-13H,8-11H2,1-4H3. The van der Waals surface area contributed by atoms with Crippen LogP contribution < -0.4 is 4.90 Å². The lowest BCUT2D eigenvalue weighted by Crippen LogP contribution is -2.49. The van der Waals surface area contributed by atoms with E-state index in [0.717, 1.165) is 21.9 Å². The summed E-state index contributed by atoms with van der Waals surface area (Å²) >= 11 is 1.70. The molecular weight excluding hydrogens is 414 g/mol. The Morgan fingerprint density at radius 1 is 1.16 bits per heavy atom. The quantitative estimate of drug-likeness (QED) is 0.444. The van der Waals surface area contributed by atoms with E-state index in [1.165, 1.54) is 22.6 Å². The van der Waals surface area contributed by atoms with Crippen LogP contribution in [-0.4, -0.2) is 51.9 Å². The van der Waals surface area contributed by atoms with Gasteiger partial charge in [0, 0.05) is 54.7 Å². The Bertz CT molecular complexity index is 1170. The van der Waals surface area contributed by atoms with Gasteiger partial charge in [0.15, 0.2) is 0 Å². The van der Waals surface area contributed by atoms with Crippen molar-refractivity contribution in [3.05, 3.63) is 56.2 Å². The largest absolute Gasteiger partial charge is 0.352 e. The number of carbonyl (C=O) groups is 1. The van der Waals surface area contributed by atoms with Crippen LogP contribution >= 0.6 is 11.3 Å². The average molecular weight is 440 g/mol. The van der Waals surface area contributed by atoms with Gasteiger partial charge >= 0.3 is 0 Å². The van der Waals surface area contributed by atoms with Crippen molar-refractivity contribution in [2.75, 3.05) is 31.1 Å². The van der Waals surface area contributed by atoms with Gasteiger partial charge < -0.3 is 9.80 Å². The summed E-state index contributed by atoms with van der Waals surface area (Å²) in [5.74, 6) is 1.82. The van der Waals surface area contributed by atoms with Gasteiger partial charge in [0.2, 0.25) is 0 Å². The fraction of sp³-hybridized carbons (Fsp3) is 0.409. The van der Waals surface area contributed by atoms with E-state index in [0.29, 0.717) is 31.7 Å². The van der Waals surface area contributed by atoms with Gasteiger partial charge in [-0.1, -0.05) is 19.9 Å². The van der Waals surface area contributed by atoms with Crippen LogP contribution in [-0.2, 0) is 0 Å². The van der Waals surface area contributed by atoms with Crippen molar-refractivity contribution in [1.29, 1.82) is 0 Å².